The molecule has 0 aliphatic rings. The van der Waals surface area contributed by atoms with Gasteiger partial charge in [-0.15, -0.1) is 0 Å². The van der Waals surface area contributed by atoms with E-state index in [1.165, 1.54) is 6.92 Å². The molecule has 1 N–H and O–H groups in total. The fourth-order valence-corrected chi connectivity index (χ4v) is 3.78. The fourth-order valence-electron chi connectivity index (χ4n) is 3.78. The molecule has 3 aromatic rings. The van der Waals surface area contributed by atoms with Crippen molar-refractivity contribution in [3.05, 3.63) is 59.3 Å². The molecule has 1 heterocycles. The second-order valence-corrected chi connectivity index (χ2v) is 7.78. The lowest BCUT2D eigenvalue weighted by molar-refractivity contribution is -0.135. The molecular formula is C23H25NO4. The Labute approximate surface area is 164 Å². The van der Waals surface area contributed by atoms with Gasteiger partial charge in [-0.05, 0) is 49.2 Å². The Kier molecular flexibility index (Phi) is 5.27. The monoisotopic (exact) mass is 379 g/mol. The van der Waals surface area contributed by atoms with Crippen LogP contribution in [0.1, 0.15) is 43.9 Å². The van der Waals surface area contributed by atoms with Crippen LogP contribution in [0.15, 0.2) is 42.6 Å². The summed E-state index contributed by atoms with van der Waals surface area (Å²) in [4.78, 5) is 27.4. The standard InChI is InChI=1S/C23H25NO4/c1-14-11-15(2)22(20(12-14)27-16(3)25)23(4,5)13-21(26)28-19-8-6-7-18-17(19)9-10-24-18/h6-12,24H,13H2,1-5H3. The first-order valence-electron chi connectivity index (χ1n) is 9.24. The van der Waals surface area contributed by atoms with Gasteiger partial charge in [0.15, 0.2) is 0 Å². The minimum absolute atomic E-state index is 0.145. The van der Waals surface area contributed by atoms with Crippen molar-refractivity contribution in [3.8, 4) is 11.5 Å². The molecule has 0 aliphatic heterocycles. The van der Waals surface area contributed by atoms with Crippen LogP contribution in [0.5, 0.6) is 11.5 Å². The molecule has 5 heteroatoms. The van der Waals surface area contributed by atoms with Crippen LogP contribution in [0.4, 0.5) is 0 Å². The summed E-state index contributed by atoms with van der Waals surface area (Å²) in [5, 5.41) is 0.862. The second kappa shape index (κ2) is 7.50. The van der Waals surface area contributed by atoms with Crippen molar-refractivity contribution in [2.45, 2.75) is 46.5 Å². The van der Waals surface area contributed by atoms with E-state index in [0.29, 0.717) is 11.5 Å². The van der Waals surface area contributed by atoms with E-state index in [0.717, 1.165) is 27.6 Å². The fraction of sp³-hybridized carbons (Fsp3) is 0.304. The molecule has 2 aromatic carbocycles. The van der Waals surface area contributed by atoms with Gasteiger partial charge in [0.25, 0.3) is 0 Å². The van der Waals surface area contributed by atoms with Crippen molar-refractivity contribution in [1.82, 2.24) is 4.98 Å². The molecule has 0 unspecified atom stereocenters. The summed E-state index contributed by atoms with van der Waals surface area (Å²) < 4.78 is 11.1. The Balaban J connectivity index is 1.88. The number of fused-ring (bicyclic) bond motifs is 1. The third-order valence-corrected chi connectivity index (χ3v) is 4.74. The van der Waals surface area contributed by atoms with E-state index in [1.54, 1.807) is 6.07 Å². The maximum atomic E-state index is 12.7. The van der Waals surface area contributed by atoms with Gasteiger partial charge in [0, 0.05) is 35.0 Å². The number of carbonyl (C=O) groups is 2. The Morgan fingerprint density at radius 2 is 1.79 bits per heavy atom. The van der Waals surface area contributed by atoms with E-state index in [-0.39, 0.29) is 18.4 Å². The average Bonchev–Trinajstić information content (AvgIpc) is 3.02. The van der Waals surface area contributed by atoms with Gasteiger partial charge in [0.1, 0.15) is 11.5 Å². The van der Waals surface area contributed by atoms with Gasteiger partial charge in [0.2, 0.25) is 0 Å². The second-order valence-electron chi connectivity index (χ2n) is 7.78. The predicted octanol–water partition coefficient (Wildman–Crippen LogP) is 4.98. The molecule has 1 aromatic heterocycles. The normalized spacial score (nSPS) is 11.5. The van der Waals surface area contributed by atoms with Gasteiger partial charge in [-0.1, -0.05) is 26.0 Å². The van der Waals surface area contributed by atoms with Gasteiger partial charge in [-0.25, -0.2) is 0 Å². The SMILES string of the molecule is CC(=O)Oc1cc(C)cc(C)c1C(C)(C)CC(=O)Oc1cccc2[nH]ccc12. The molecule has 0 spiro atoms. The molecule has 3 rings (SSSR count). The van der Waals surface area contributed by atoms with Crippen molar-refractivity contribution in [1.29, 1.82) is 0 Å². The third kappa shape index (κ3) is 4.09. The van der Waals surface area contributed by atoms with Crippen LogP contribution in [0.2, 0.25) is 0 Å². The van der Waals surface area contributed by atoms with Crippen LogP contribution in [-0.2, 0) is 15.0 Å². The highest BCUT2D eigenvalue weighted by atomic mass is 16.5. The number of esters is 2. The van der Waals surface area contributed by atoms with Gasteiger partial charge < -0.3 is 14.5 Å². The lowest BCUT2D eigenvalue weighted by Gasteiger charge is -2.28. The van der Waals surface area contributed by atoms with E-state index in [2.05, 4.69) is 4.98 Å². The van der Waals surface area contributed by atoms with Gasteiger partial charge in [-0.3, -0.25) is 9.59 Å². The number of aryl methyl sites for hydroxylation is 2. The van der Waals surface area contributed by atoms with Crippen molar-refractivity contribution >= 4 is 22.8 Å². The van der Waals surface area contributed by atoms with E-state index in [4.69, 9.17) is 9.47 Å². The zero-order valence-corrected chi connectivity index (χ0v) is 16.9. The number of H-pyrrole nitrogens is 1. The van der Waals surface area contributed by atoms with Crippen LogP contribution in [0, 0.1) is 13.8 Å². The lowest BCUT2D eigenvalue weighted by atomic mass is 9.78. The smallest absolute Gasteiger partial charge is 0.312 e. The van der Waals surface area contributed by atoms with Crippen LogP contribution < -0.4 is 9.47 Å². The average molecular weight is 379 g/mol. The summed E-state index contributed by atoms with van der Waals surface area (Å²) in [6.45, 7) is 9.19. The minimum atomic E-state index is -0.578. The molecular weight excluding hydrogens is 354 g/mol. The Bertz CT molecular complexity index is 1050. The molecule has 0 radical (unpaired) electrons. The highest BCUT2D eigenvalue weighted by Crippen LogP contribution is 2.38. The molecule has 146 valence electrons. The van der Waals surface area contributed by atoms with Crippen molar-refractivity contribution in [2.75, 3.05) is 0 Å². The number of carbonyl (C=O) groups excluding carboxylic acids is 2. The molecule has 0 saturated heterocycles. The lowest BCUT2D eigenvalue weighted by Crippen LogP contribution is -2.27. The zero-order chi connectivity index (χ0) is 20.5. The van der Waals surface area contributed by atoms with Gasteiger partial charge >= 0.3 is 11.9 Å². The quantitative estimate of drug-likeness (QED) is 0.501. The number of aromatic amines is 1. The van der Waals surface area contributed by atoms with Crippen molar-refractivity contribution in [3.63, 3.8) is 0 Å². The van der Waals surface area contributed by atoms with Gasteiger partial charge in [0.05, 0.1) is 6.42 Å². The number of benzene rings is 2. The molecule has 28 heavy (non-hydrogen) atoms. The molecule has 0 bridgehead atoms. The van der Waals surface area contributed by atoms with Crippen molar-refractivity contribution in [2.24, 2.45) is 0 Å². The molecule has 0 aliphatic carbocycles. The van der Waals surface area contributed by atoms with Gasteiger partial charge in [-0.2, -0.15) is 0 Å². The van der Waals surface area contributed by atoms with E-state index in [9.17, 15) is 9.59 Å². The number of hydrogen-bond acceptors (Lipinski definition) is 4. The predicted molar refractivity (Wildman–Crippen MR) is 109 cm³/mol. The number of ether oxygens (including phenoxy) is 2. The Morgan fingerprint density at radius 1 is 1.04 bits per heavy atom. The summed E-state index contributed by atoms with van der Waals surface area (Å²) in [5.74, 6) is 0.298. The van der Waals surface area contributed by atoms with Crippen molar-refractivity contribution < 1.29 is 19.1 Å². The Morgan fingerprint density at radius 3 is 2.50 bits per heavy atom. The Hall–Kier alpha value is -3.08. The van der Waals surface area contributed by atoms with Crippen LogP contribution >= 0.6 is 0 Å². The summed E-state index contributed by atoms with van der Waals surface area (Å²) in [6.07, 6.45) is 1.96. The summed E-state index contributed by atoms with van der Waals surface area (Å²) >= 11 is 0. The summed E-state index contributed by atoms with van der Waals surface area (Å²) in [5.41, 5.74) is 3.14. The number of hydrogen-bond donors (Lipinski definition) is 1. The largest absolute Gasteiger partial charge is 0.426 e. The molecule has 5 nitrogen and oxygen atoms in total. The number of rotatable bonds is 5. The maximum Gasteiger partial charge on any atom is 0.312 e. The summed E-state index contributed by atoms with van der Waals surface area (Å²) in [7, 11) is 0. The van der Waals surface area contributed by atoms with E-state index >= 15 is 0 Å². The molecule has 0 amide bonds. The van der Waals surface area contributed by atoms with E-state index < -0.39 is 5.41 Å². The zero-order valence-electron chi connectivity index (χ0n) is 16.9. The third-order valence-electron chi connectivity index (χ3n) is 4.74. The first kappa shape index (κ1) is 19.7. The van der Waals surface area contributed by atoms with Crippen LogP contribution in [0.3, 0.4) is 0 Å². The minimum Gasteiger partial charge on any atom is -0.426 e. The molecule has 0 atom stereocenters. The number of nitrogens with one attached hydrogen (secondary N) is 1. The van der Waals surface area contributed by atoms with Crippen LogP contribution in [-0.4, -0.2) is 16.9 Å². The molecule has 0 saturated carbocycles. The van der Waals surface area contributed by atoms with Crippen LogP contribution in [0.25, 0.3) is 10.9 Å². The highest BCUT2D eigenvalue weighted by molar-refractivity contribution is 5.88. The number of aromatic nitrogens is 1. The highest BCUT2D eigenvalue weighted by Gasteiger charge is 2.31. The topological polar surface area (TPSA) is 68.4 Å². The first-order valence-corrected chi connectivity index (χ1v) is 9.24. The van der Waals surface area contributed by atoms with E-state index in [1.807, 2.05) is 64.2 Å². The first-order chi connectivity index (χ1) is 13.2. The maximum absolute atomic E-state index is 12.7. The molecule has 0 fully saturated rings. The summed E-state index contributed by atoms with van der Waals surface area (Å²) in [6, 6.07) is 11.3.